The number of hydrogen-bond donors (Lipinski definition) is 0. The molecule has 4 nitrogen and oxygen atoms in total. The van der Waals surface area contributed by atoms with Crippen molar-refractivity contribution in [1.29, 1.82) is 0 Å². The highest BCUT2D eigenvalue weighted by Crippen LogP contribution is 2.63. The molecule has 2 atom stereocenters. The molecular formula is C10H19F2O4P. The van der Waals surface area contributed by atoms with Gasteiger partial charge in [0.25, 0.3) is 0 Å². The van der Waals surface area contributed by atoms with Gasteiger partial charge in [-0.05, 0) is 26.7 Å². The van der Waals surface area contributed by atoms with Crippen molar-refractivity contribution in [2.75, 3.05) is 19.8 Å². The zero-order valence-corrected chi connectivity index (χ0v) is 10.9. The monoisotopic (exact) mass is 274 g/mol. The van der Waals surface area contributed by atoms with Gasteiger partial charge in [-0.3, -0.25) is 4.57 Å². The van der Waals surface area contributed by atoms with Crippen molar-refractivity contribution in [3.63, 3.8) is 0 Å². The zero-order valence-electron chi connectivity index (χ0n) is 11.0. The quantitative estimate of drug-likeness (QED) is 0.667. The first-order valence-corrected chi connectivity index (χ1v) is 7.23. The minimum absolute atomic E-state index is 0.112. The molecule has 1 saturated heterocycles. The number of alkyl halides is 2. The van der Waals surface area contributed by atoms with Crippen molar-refractivity contribution < 1.29 is 28.5 Å². The van der Waals surface area contributed by atoms with Gasteiger partial charge in [0.15, 0.2) is 0 Å². The standard InChI is InChI=1S/C10H19F2O4P/c1-3-15-17(13,16-4-2)10(11,12)8-9-6-5-7-14-9/h9H,3-8H2,1-2H3/i7T. The van der Waals surface area contributed by atoms with Gasteiger partial charge in [0.05, 0.1) is 20.7 Å². The molecule has 102 valence electrons. The minimum Gasteiger partial charge on any atom is -0.378 e. The van der Waals surface area contributed by atoms with Crippen LogP contribution in [0.1, 0.15) is 34.5 Å². The predicted octanol–water partition coefficient (Wildman–Crippen LogP) is 3.41. The van der Waals surface area contributed by atoms with E-state index in [1.54, 1.807) is 0 Å². The lowest BCUT2D eigenvalue weighted by atomic mass is 10.2. The molecule has 0 radical (unpaired) electrons. The van der Waals surface area contributed by atoms with Gasteiger partial charge < -0.3 is 13.8 Å². The van der Waals surface area contributed by atoms with Crippen molar-refractivity contribution in [2.24, 2.45) is 0 Å². The van der Waals surface area contributed by atoms with Crippen LogP contribution in [0, 0.1) is 0 Å². The molecule has 1 rings (SSSR count). The molecule has 0 aromatic heterocycles. The van der Waals surface area contributed by atoms with Crippen molar-refractivity contribution in [2.45, 2.75) is 44.9 Å². The lowest BCUT2D eigenvalue weighted by Crippen LogP contribution is -2.26. The highest BCUT2D eigenvalue weighted by molar-refractivity contribution is 7.55. The summed E-state index contributed by atoms with van der Waals surface area (Å²) in [5.74, 6) is 0. The summed E-state index contributed by atoms with van der Waals surface area (Å²) in [6.07, 6.45) is -0.729. The first-order chi connectivity index (χ1) is 8.34. The van der Waals surface area contributed by atoms with Crippen LogP contribution in [0.15, 0.2) is 0 Å². The lowest BCUT2D eigenvalue weighted by molar-refractivity contribution is -0.0147. The molecular weight excluding hydrogens is 253 g/mol. The molecule has 0 bridgehead atoms. The largest absolute Gasteiger partial charge is 0.399 e. The van der Waals surface area contributed by atoms with Crippen molar-refractivity contribution in [1.82, 2.24) is 0 Å². The molecule has 0 saturated carbocycles. The van der Waals surface area contributed by atoms with E-state index < -0.39 is 32.4 Å². The highest BCUT2D eigenvalue weighted by atomic mass is 31.2. The molecule has 1 fully saturated rings. The topological polar surface area (TPSA) is 44.8 Å². The van der Waals surface area contributed by atoms with E-state index in [-0.39, 0.29) is 13.2 Å². The molecule has 2 unspecified atom stereocenters. The molecule has 1 heterocycles. The van der Waals surface area contributed by atoms with Crippen LogP contribution in [0.4, 0.5) is 8.78 Å². The fourth-order valence-corrected chi connectivity index (χ4v) is 3.19. The van der Waals surface area contributed by atoms with Gasteiger partial charge in [-0.1, -0.05) is 0 Å². The normalized spacial score (nSPS) is 27.2. The van der Waals surface area contributed by atoms with Crippen LogP contribution < -0.4 is 0 Å². The summed E-state index contributed by atoms with van der Waals surface area (Å²) >= 11 is 0. The van der Waals surface area contributed by atoms with E-state index in [1.165, 1.54) is 13.8 Å². The van der Waals surface area contributed by atoms with Crippen LogP contribution in [0.25, 0.3) is 0 Å². The fourth-order valence-electron chi connectivity index (χ4n) is 1.63. The molecule has 0 amide bonds. The zero-order chi connectivity index (χ0) is 13.8. The molecule has 1 aliphatic rings. The van der Waals surface area contributed by atoms with Crippen LogP contribution in [0.2, 0.25) is 0 Å². The van der Waals surface area contributed by atoms with Gasteiger partial charge in [0.2, 0.25) is 0 Å². The van der Waals surface area contributed by atoms with Gasteiger partial charge in [-0.2, -0.15) is 8.78 Å². The van der Waals surface area contributed by atoms with Crippen molar-refractivity contribution in [3.8, 4) is 0 Å². The molecule has 0 spiro atoms. The predicted molar refractivity (Wildman–Crippen MR) is 59.4 cm³/mol. The average molecular weight is 274 g/mol. The fraction of sp³-hybridized carbons (Fsp3) is 1.00. The molecule has 0 N–H and O–H groups in total. The van der Waals surface area contributed by atoms with Gasteiger partial charge in [0.1, 0.15) is 0 Å². The Kier molecular flexibility index (Phi) is 4.91. The maximum absolute atomic E-state index is 14.0. The summed E-state index contributed by atoms with van der Waals surface area (Å²) in [7, 11) is -4.47. The average Bonchev–Trinajstić information content (AvgIpc) is 2.63. The second-order valence-corrected chi connectivity index (χ2v) is 5.87. The summed E-state index contributed by atoms with van der Waals surface area (Å²) < 4.78 is 61.5. The van der Waals surface area contributed by atoms with E-state index in [0.29, 0.717) is 12.8 Å². The Morgan fingerprint density at radius 1 is 1.47 bits per heavy atom. The van der Waals surface area contributed by atoms with Crippen LogP contribution in [-0.2, 0) is 18.3 Å². The van der Waals surface area contributed by atoms with Crippen molar-refractivity contribution >= 4 is 7.60 Å². The van der Waals surface area contributed by atoms with Crippen molar-refractivity contribution in [3.05, 3.63) is 0 Å². The minimum atomic E-state index is -4.47. The van der Waals surface area contributed by atoms with E-state index in [0.717, 1.165) is 0 Å². The maximum Gasteiger partial charge on any atom is 0.399 e. The van der Waals surface area contributed by atoms with Gasteiger partial charge in [-0.15, -0.1) is 0 Å². The molecule has 17 heavy (non-hydrogen) atoms. The molecule has 1 aliphatic heterocycles. The maximum atomic E-state index is 14.0. The lowest BCUT2D eigenvalue weighted by Gasteiger charge is -2.27. The molecule has 7 heteroatoms. The number of rotatable bonds is 7. The first kappa shape index (κ1) is 13.4. The second-order valence-electron chi connectivity index (χ2n) is 3.71. The number of hydrogen-bond acceptors (Lipinski definition) is 4. The Hall–Kier alpha value is -0.0300. The third-order valence-corrected chi connectivity index (χ3v) is 4.55. The van der Waals surface area contributed by atoms with Gasteiger partial charge in [-0.25, -0.2) is 0 Å². The smallest absolute Gasteiger partial charge is 0.378 e. The van der Waals surface area contributed by atoms with Crippen LogP contribution in [-0.4, -0.2) is 31.6 Å². The second kappa shape index (κ2) is 6.23. The Balaban J connectivity index is 2.72. The number of halogens is 2. The van der Waals surface area contributed by atoms with E-state index >= 15 is 0 Å². The van der Waals surface area contributed by atoms with Crippen LogP contribution in [0.3, 0.4) is 0 Å². The van der Waals surface area contributed by atoms with E-state index in [9.17, 15) is 13.3 Å². The summed E-state index contributed by atoms with van der Waals surface area (Å²) in [4.78, 5) is 0. The molecule has 0 aliphatic carbocycles. The molecule has 0 aromatic rings. The van der Waals surface area contributed by atoms with Crippen LogP contribution in [0.5, 0.6) is 0 Å². The van der Waals surface area contributed by atoms with E-state index in [2.05, 4.69) is 9.05 Å². The SMILES string of the molecule is [3H]C1CCC(CC(F)(F)P(=O)(OCC)OCC)O1. The summed E-state index contributed by atoms with van der Waals surface area (Å²) in [5.41, 5.74) is -3.59. The van der Waals surface area contributed by atoms with Gasteiger partial charge >= 0.3 is 13.3 Å². The Morgan fingerprint density at radius 2 is 2.06 bits per heavy atom. The Labute approximate surface area is 102 Å². The number of ether oxygens (including phenoxy) is 1. The summed E-state index contributed by atoms with van der Waals surface area (Å²) in [6, 6.07) is 0. The van der Waals surface area contributed by atoms with E-state index in [1.807, 2.05) is 0 Å². The van der Waals surface area contributed by atoms with E-state index in [4.69, 9.17) is 6.11 Å². The van der Waals surface area contributed by atoms with Crippen LogP contribution >= 0.6 is 7.60 Å². The Morgan fingerprint density at radius 3 is 2.47 bits per heavy atom. The summed E-state index contributed by atoms with van der Waals surface area (Å²) in [5, 5.41) is 0. The molecule has 0 aromatic carbocycles. The summed E-state index contributed by atoms with van der Waals surface area (Å²) in [6.45, 7) is 1.96. The Bertz CT molecular complexity index is 306. The van der Waals surface area contributed by atoms with Gasteiger partial charge in [0, 0.05) is 13.0 Å². The highest BCUT2D eigenvalue weighted by Gasteiger charge is 2.54. The third-order valence-electron chi connectivity index (χ3n) is 2.37. The first-order valence-electron chi connectivity index (χ1n) is 6.27. The third kappa shape index (κ3) is 3.71.